The number of methoxy groups -OCH3 is 1. The summed E-state index contributed by atoms with van der Waals surface area (Å²) in [4.78, 5) is 19.3. The minimum atomic E-state index is -0.644. The first-order valence-corrected chi connectivity index (χ1v) is 9.05. The lowest BCUT2D eigenvalue weighted by atomic mass is 9.66. The van der Waals surface area contributed by atoms with E-state index in [9.17, 15) is 4.79 Å². The van der Waals surface area contributed by atoms with Crippen LogP contribution in [0.3, 0.4) is 0 Å². The standard InChI is InChI=1S/C21H22N2O2/c1-25-20(24)21-11-4-6-14-7-5-12-23(19(14)21)13-10-16-15-8-2-3-9-17(15)22-18(16)21/h2-3,5-9,19,22H,4,10-13H2,1H3. The van der Waals surface area contributed by atoms with Crippen LogP contribution >= 0.6 is 0 Å². The fourth-order valence-corrected chi connectivity index (χ4v) is 5.19. The van der Waals surface area contributed by atoms with E-state index in [2.05, 4.69) is 46.3 Å². The molecule has 25 heavy (non-hydrogen) atoms. The van der Waals surface area contributed by atoms with Gasteiger partial charge in [-0.3, -0.25) is 9.69 Å². The highest BCUT2D eigenvalue weighted by molar-refractivity contribution is 5.92. The molecule has 4 nitrogen and oxygen atoms in total. The zero-order valence-electron chi connectivity index (χ0n) is 14.4. The maximum Gasteiger partial charge on any atom is 0.319 e. The van der Waals surface area contributed by atoms with Crippen LogP contribution < -0.4 is 0 Å². The molecule has 1 aromatic heterocycles. The summed E-state index contributed by atoms with van der Waals surface area (Å²) in [6, 6.07) is 8.45. The summed E-state index contributed by atoms with van der Waals surface area (Å²) in [5.74, 6) is -0.113. The van der Waals surface area contributed by atoms with Crippen LogP contribution in [-0.2, 0) is 21.4 Å². The molecule has 2 atom stereocenters. The van der Waals surface area contributed by atoms with Crippen LogP contribution in [0.1, 0.15) is 24.1 Å². The van der Waals surface area contributed by atoms with Gasteiger partial charge in [0.25, 0.3) is 0 Å². The molecule has 0 fully saturated rings. The minimum Gasteiger partial charge on any atom is -0.468 e. The number of aromatic amines is 1. The van der Waals surface area contributed by atoms with E-state index in [4.69, 9.17) is 4.74 Å². The molecule has 4 heteroatoms. The third-order valence-corrected chi connectivity index (χ3v) is 6.18. The molecule has 0 spiro atoms. The summed E-state index contributed by atoms with van der Waals surface area (Å²) in [6.45, 7) is 1.85. The topological polar surface area (TPSA) is 45.3 Å². The summed E-state index contributed by atoms with van der Waals surface area (Å²) in [5, 5.41) is 1.24. The number of aromatic nitrogens is 1. The minimum absolute atomic E-state index is 0.0630. The van der Waals surface area contributed by atoms with Gasteiger partial charge >= 0.3 is 5.97 Å². The highest BCUT2D eigenvalue weighted by Crippen LogP contribution is 2.48. The fourth-order valence-electron chi connectivity index (χ4n) is 5.19. The third-order valence-electron chi connectivity index (χ3n) is 6.18. The maximum absolute atomic E-state index is 13.2. The molecule has 128 valence electrons. The summed E-state index contributed by atoms with van der Waals surface area (Å²) in [6.07, 6.45) is 9.35. The maximum atomic E-state index is 13.2. The molecule has 0 radical (unpaired) electrons. The third kappa shape index (κ3) is 1.89. The number of allylic oxidation sites excluding steroid dienone is 1. The Morgan fingerprint density at radius 2 is 2.24 bits per heavy atom. The Labute approximate surface area is 147 Å². The van der Waals surface area contributed by atoms with Crippen LogP contribution in [-0.4, -0.2) is 42.1 Å². The Hall–Kier alpha value is -2.33. The van der Waals surface area contributed by atoms with E-state index in [-0.39, 0.29) is 12.0 Å². The second-order valence-corrected chi connectivity index (χ2v) is 7.28. The lowest BCUT2D eigenvalue weighted by molar-refractivity contribution is -0.150. The number of nitrogens with one attached hydrogen (secondary N) is 1. The molecule has 0 amide bonds. The smallest absolute Gasteiger partial charge is 0.319 e. The average molecular weight is 334 g/mol. The monoisotopic (exact) mass is 334 g/mol. The predicted octanol–water partition coefficient (Wildman–Crippen LogP) is 3.10. The Balaban J connectivity index is 1.84. The Bertz CT molecular complexity index is 923. The van der Waals surface area contributed by atoms with Gasteiger partial charge in [0.05, 0.1) is 13.2 Å². The fraction of sp³-hybridized carbons (Fsp3) is 0.381. The molecule has 5 rings (SSSR count). The van der Waals surface area contributed by atoms with Gasteiger partial charge in [-0.15, -0.1) is 0 Å². The Kier molecular flexibility index (Phi) is 3.19. The van der Waals surface area contributed by atoms with Gasteiger partial charge in [0, 0.05) is 29.7 Å². The van der Waals surface area contributed by atoms with Crippen molar-refractivity contribution in [1.82, 2.24) is 9.88 Å². The lowest BCUT2D eigenvalue weighted by Gasteiger charge is -2.46. The van der Waals surface area contributed by atoms with Gasteiger partial charge < -0.3 is 9.72 Å². The van der Waals surface area contributed by atoms with Crippen molar-refractivity contribution < 1.29 is 9.53 Å². The number of H-pyrrole nitrogens is 1. The van der Waals surface area contributed by atoms with Crippen molar-refractivity contribution in [3.05, 3.63) is 59.3 Å². The number of para-hydroxylation sites is 1. The van der Waals surface area contributed by atoms with E-state index >= 15 is 0 Å². The molecule has 0 saturated heterocycles. The molecule has 2 unspecified atom stereocenters. The number of hydrogen-bond acceptors (Lipinski definition) is 3. The normalized spacial score (nSPS) is 28.0. The molecule has 0 saturated carbocycles. The van der Waals surface area contributed by atoms with Gasteiger partial charge in [-0.25, -0.2) is 0 Å². The van der Waals surface area contributed by atoms with Crippen molar-refractivity contribution in [3.63, 3.8) is 0 Å². The van der Waals surface area contributed by atoms with Crippen LogP contribution in [0.15, 0.2) is 48.1 Å². The molecular weight excluding hydrogens is 312 g/mol. The largest absolute Gasteiger partial charge is 0.468 e. The number of carbonyl (C=O) groups is 1. The molecule has 1 aromatic carbocycles. The van der Waals surface area contributed by atoms with E-state index in [1.165, 1.54) is 23.6 Å². The van der Waals surface area contributed by atoms with E-state index in [1.54, 1.807) is 0 Å². The zero-order chi connectivity index (χ0) is 17.0. The van der Waals surface area contributed by atoms with Gasteiger partial charge in [-0.2, -0.15) is 0 Å². The average Bonchev–Trinajstić information content (AvgIpc) is 2.97. The predicted molar refractivity (Wildman–Crippen MR) is 97.5 cm³/mol. The highest BCUT2D eigenvalue weighted by Gasteiger charge is 2.56. The molecule has 2 aliphatic heterocycles. The first kappa shape index (κ1) is 15.0. The van der Waals surface area contributed by atoms with E-state index in [1.807, 2.05) is 6.07 Å². The van der Waals surface area contributed by atoms with Crippen molar-refractivity contribution in [1.29, 1.82) is 0 Å². The summed E-state index contributed by atoms with van der Waals surface area (Å²) in [5.41, 5.74) is 4.10. The second-order valence-electron chi connectivity index (χ2n) is 7.28. The lowest BCUT2D eigenvalue weighted by Crippen LogP contribution is -2.58. The number of hydrogen-bond donors (Lipinski definition) is 1. The second kappa shape index (κ2) is 5.33. The van der Waals surface area contributed by atoms with Crippen LogP contribution in [0.25, 0.3) is 10.9 Å². The van der Waals surface area contributed by atoms with Crippen molar-refractivity contribution in [2.24, 2.45) is 0 Å². The first-order valence-electron chi connectivity index (χ1n) is 9.05. The van der Waals surface area contributed by atoms with Crippen LogP contribution in [0, 0.1) is 0 Å². The van der Waals surface area contributed by atoms with Crippen LogP contribution in [0.4, 0.5) is 0 Å². The molecular formula is C21H22N2O2. The van der Waals surface area contributed by atoms with E-state index in [0.717, 1.165) is 43.6 Å². The van der Waals surface area contributed by atoms with Gasteiger partial charge in [0.1, 0.15) is 5.41 Å². The molecule has 0 bridgehead atoms. The molecule has 3 heterocycles. The van der Waals surface area contributed by atoms with Crippen molar-refractivity contribution in [3.8, 4) is 0 Å². The SMILES string of the molecule is COC(=O)C12CCC=C3C=CCN(CCc4c1[nH]c1ccccc41)C32. The van der Waals surface area contributed by atoms with Crippen LogP contribution in [0.2, 0.25) is 0 Å². The number of ether oxygens (including phenoxy) is 1. The Morgan fingerprint density at radius 3 is 3.12 bits per heavy atom. The van der Waals surface area contributed by atoms with Crippen molar-refractivity contribution in [2.75, 3.05) is 20.2 Å². The summed E-state index contributed by atoms with van der Waals surface area (Å²) in [7, 11) is 1.52. The first-order chi connectivity index (χ1) is 12.3. The molecule has 1 N–H and O–H groups in total. The zero-order valence-corrected chi connectivity index (χ0v) is 14.4. The van der Waals surface area contributed by atoms with Crippen molar-refractivity contribution in [2.45, 2.75) is 30.7 Å². The van der Waals surface area contributed by atoms with Crippen molar-refractivity contribution >= 4 is 16.9 Å². The van der Waals surface area contributed by atoms with Gasteiger partial charge in [-0.05, 0) is 36.5 Å². The molecule has 1 aliphatic carbocycles. The van der Waals surface area contributed by atoms with Crippen LogP contribution in [0.5, 0.6) is 0 Å². The number of esters is 1. The van der Waals surface area contributed by atoms with Gasteiger partial charge in [0.2, 0.25) is 0 Å². The Morgan fingerprint density at radius 1 is 1.36 bits per heavy atom. The number of nitrogens with zero attached hydrogens (tertiary/aromatic N) is 1. The van der Waals surface area contributed by atoms with Gasteiger partial charge in [-0.1, -0.05) is 36.4 Å². The number of benzene rings is 1. The van der Waals surface area contributed by atoms with E-state index < -0.39 is 5.41 Å². The summed E-state index contributed by atoms with van der Waals surface area (Å²) < 4.78 is 5.39. The number of rotatable bonds is 1. The van der Waals surface area contributed by atoms with Gasteiger partial charge in [0.15, 0.2) is 0 Å². The quantitative estimate of drug-likeness (QED) is 0.815. The van der Waals surface area contributed by atoms with E-state index in [0.29, 0.717) is 0 Å². The molecule has 2 aromatic rings. The number of fused-ring (bicyclic) bond motifs is 4. The number of carbonyl (C=O) groups excluding carboxylic acids is 1. The molecule has 3 aliphatic rings. The summed E-state index contributed by atoms with van der Waals surface area (Å²) >= 11 is 0. The highest BCUT2D eigenvalue weighted by atomic mass is 16.5.